The second-order valence-electron chi connectivity index (χ2n) is 6.45. The molecule has 0 bridgehead atoms. The van der Waals surface area contributed by atoms with Gasteiger partial charge in [0.15, 0.2) is 0 Å². The summed E-state index contributed by atoms with van der Waals surface area (Å²) < 4.78 is 13.3. The maximum absolute atomic E-state index is 13.3. The smallest absolute Gasteiger partial charge is 0.131 e. The average molecular weight is 314 g/mol. The average Bonchev–Trinajstić information content (AvgIpc) is 2.56. The maximum Gasteiger partial charge on any atom is 0.131 e. The molecule has 0 unspecified atom stereocenters. The number of hydrogen-bond acceptors (Lipinski definition) is 4. The molecule has 0 amide bonds. The fraction of sp³-hybridized carbons (Fsp3) is 0.444. The molecule has 1 saturated heterocycles. The molecule has 1 aromatic carbocycles. The van der Waals surface area contributed by atoms with Gasteiger partial charge >= 0.3 is 0 Å². The summed E-state index contributed by atoms with van der Waals surface area (Å²) in [5, 5.41) is 0. The van der Waals surface area contributed by atoms with Crippen LogP contribution in [0.25, 0.3) is 11.3 Å². The molecule has 0 saturated carbocycles. The molecule has 1 fully saturated rings. The molecule has 1 aliphatic rings. The van der Waals surface area contributed by atoms with Crippen molar-refractivity contribution < 1.29 is 4.39 Å². The lowest BCUT2D eigenvalue weighted by Gasteiger charge is -2.33. The van der Waals surface area contributed by atoms with E-state index in [2.05, 4.69) is 23.7 Å². The van der Waals surface area contributed by atoms with Gasteiger partial charge in [0.05, 0.1) is 17.6 Å². The molecule has 122 valence electrons. The predicted molar refractivity (Wildman–Crippen MR) is 90.9 cm³/mol. The number of halogens is 1. The third kappa shape index (κ3) is 3.50. The quantitative estimate of drug-likeness (QED) is 0.944. The van der Waals surface area contributed by atoms with Gasteiger partial charge in [-0.1, -0.05) is 13.8 Å². The first kappa shape index (κ1) is 15.9. The Morgan fingerprint density at radius 3 is 2.43 bits per heavy atom. The molecule has 1 aliphatic heterocycles. The molecule has 2 heterocycles. The van der Waals surface area contributed by atoms with Crippen LogP contribution in [0.15, 0.2) is 30.5 Å². The Kier molecular flexibility index (Phi) is 4.57. The Labute approximate surface area is 136 Å². The van der Waals surface area contributed by atoms with Crippen molar-refractivity contribution in [1.82, 2.24) is 9.97 Å². The lowest BCUT2D eigenvalue weighted by Crippen LogP contribution is -2.40. The Bertz CT molecular complexity index is 661. The summed E-state index contributed by atoms with van der Waals surface area (Å²) >= 11 is 0. The van der Waals surface area contributed by atoms with Crippen LogP contribution in [-0.2, 0) is 0 Å². The number of piperidine rings is 1. The van der Waals surface area contributed by atoms with Crippen molar-refractivity contribution in [1.29, 1.82) is 0 Å². The zero-order chi connectivity index (χ0) is 16.4. The summed E-state index contributed by atoms with van der Waals surface area (Å²) in [6, 6.07) is 6.78. The van der Waals surface area contributed by atoms with Crippen LogP contribution in [0.1, 0.15) is 38.4 Å². The van der Waals surface area contributed by atoms with Crippen LogP contribution in [0.4, 0.5) is 10.1 Å². The van der Waals surface area contributed by atoms with E-state index >= 15 is 0 Å². The van der Waals surface area contributed by atoms with E-state index in [0.717, 1.165) is 48.7 Å². The lowest BCUT2D eigenvalue weighted by atomic mass is 10.0. The van der Waals surface area contributed by atoms with Gasteiger partial charge in [-0.05, 0) is 37.1 Å². The largest absolute Gasteiger partial charge is 0.368 e. The van der Waals surface area contributed by atoms with Crippen molar-refractivity contribution in [3.05, 3.63) is 42.1 Å². The molecule has 2 aromatic rings. The van der Waals surface area contributed by atoms with Crippen molar-refractivity contribution in [2.75, 3.05) is 18.0 Å². The van der Waals surface area contributed by atoms with E-state index in [1.807, 2.05) is 6.20 Å². The standard InChI is InChI=1S/C18H23FN4/c1-12(2)18-21-11-16(23-9-7-15(20)8-10-23)17(22-18)13-3-5-14(19)6-4-13/h3-6,11-12,15H,7-10,20H2,1-2H3. The van der Waals surface area contributed by atoms with Gasteiger partial charge in [0, 0.05) is 30.6 Å². The molecule has 1 aromatic heterocycles. The van der Waals surface area contributed by atoms with E-state index in [1.165, 1.54) is 12.1 Å². The van der Waals surface area contributed by atoms with Crippen LogP contribution in [0.3, 0.4) is 0 Å². The van der Waals surface area contributed by atoms with Crippen molar-refractivity contribution in [3.8, 4) is 11.3 Å². The minimum absolute atomic E-state index is 0.239. The van der Waals surface area contributed by atoms with Gasteiger partial charge in [0.1, 0.15) is 11.6 Å². The molecule has 0 spiro atoms. The highest BCUT2D eigenvalue weighted by molar-refractivity contribution is 5.74. The molecule has 0 radical (unpaired) electrons. The number of anilines is 1. The molecule has 0 aliphatic carbocycles. The fourth-order valence-electron chi connectivity index (χ4n) is 2.86. The number of nitrogens with zero attached hydrogens (tertiary/aromatic N) is 3. The molecule has 3 rings (SSSR count). The van der Waals surface area contributed by atoms with Gasteiger partial charge in [0.25, 0.3) is 0 Å². The number of aromatic nitrogens is 2. The molecular weight excluding hydrogens is 291 g/mol. The van der Waals surface area contributed by atoms with Crippen molar-refractivity contribution >= 4 is 5.69 Å². The monoisotopic (exact) mass is 314 g/mol. The predicted octanol–water partition coefficient (Wildman–Crippen LogP) is 3.33. The first-order chi connectivity index (χ1) is 11.0. The SMILES string of the molecule is CC(C)c1ncc(N2CCC(N)CC2)c(-c2ccc(F)cc2)n1. The normalized spacial score (nSPS) is 16.1. The van der Waals surface area contributed by atoms with Crippen LogP contribution in [-0.4, -0.2) is 29.1 Å². The van der Waals surface area contributed by atoms with Gasteiger partial charge in [-0.2, -0.15) is 0 Å². The van der Waals surface area contributed by atoms with Gasteiger partial charge in [-0.15, -0.1) is 0 Å². The van der Waals surface area contributed by atoms with Crippen LogP contribution in [0.2, 0.25) is 0 Å². The highest BCUT2D eigenvalue weighted by atomic mass is 19.1. The molecule has 5 heteroatoms. The van der Waals surface area contributed by atoms with Crippen molar-refractivity contribution in [2.45, 2.75) is 38.6 Å². The summed E-state index contributed by atoms with van der Waals surface area (Å²) in [5.74, 6) is 0.817. The Morgan fingerprint density at radius 1 is 1.17 bits per heavy atom. The van der Waals surface area contributed by atoms with E-state index in [9.17, 15) is 4.39 Å². The zero-order valence-corrected chi connectivity index (χ0v) is 13.7. The zero-order valence-electron chi connectivity index (χ0n) is 13.7. The van der Waals surface area contributed by atoms with Gasteiger partial charge in [0.2, 0.25) is 0 Å². The van der Waals surface area contributed by atoms with Gasteiger partial charge in [-0.3, -0.25) is 0 Å². The highest BCUT2D eigenvalue weighted by Crippen LogP contribution is 2.31. The fourth-order valence-corrected chi connectivity index (χ4v) is 2.86. The van der Waals surface area contributed by atoms with Crippen LogP contribution in [0.5, 0.6) is 0 Å². The number of nitrogens with two attached hydrogens (primary N) is 1. The van der Waals surface area contributed by atoms with Crippen LogP contribution >= 0.6 is 0 Å². The summed E-state index contributed by atoms with van der Waals surface area (Å²) in [6.45, 7) is 5.95. The second kappa shape index (κ2) is 6.62. The molecule has 23 heavy (non-hydrogen) atoms. The highest BCUT2D eigenvalue weighted by Gasteiger charge is 2.21. The topological polar surface area (TPSA) is 55.0 Å². The van der Waals surface area contributed by atoms with E-state index in [1.54, 1.807) is 12.1 Å². The summed E-state index contributed by atoms with van der Waals surface area (Å²) in [6.07, 6.45) is 3.83. The molecule has 2 N–H and O–H groups in total. The van der Waals surface area contributed by atoms with Gasteiger partial charge < -0.3 is 10.6 Å². The third-order valence-electron chi connectivity index (χ3n) is 4.30. The van der Waals surface area contributed by atoms with Crippen LogP contribution < -0.4 is 10.6 Å². The Hall–Kier alpha value is -2.01. The third-order valence-corrected chi connectivity index (χ3v) is 4.30. The van der Waals surface area contributed by atoms with E-state index in [-0.39, 0.29) is 17.8 Å². The summed E-state index contributed by atoms with van der Waals surface area (Å²) in [4.78, 5) is 11.6. The number of hydrogen-bond donors (Lipinski definition) is 1. The summed E-state index contributed by atoms with van der Waals surface area (Å²) in [7, 11) is 0. The van der Waals surface area contributed by atoms with E-state index < -0.39 is 0 Å². The Morgan fingerprint density at radius 2 is 1.83 bits per heavy atom. The summed E-state index contributed by atoms with van der Waals surface area (Å²) in [5.41, 5.74) is 8.80. The molecular formula is C18H23FN4. The maximum atomic E-state index is 13.3. The van der Waals surface area contributed by atoms with Crippen molar-refractivity contribution in [3.63, 3.8) is 0 Å². The van der Waals surface area contributed by atoms with Gasteiger partial charge in [-0.25, -0.2) is 14.4 Å². The molecule has 0 atom stereocenters. The minimum atomic E-state index is -0.239. The first-order valence-corrected chi connectivity index (χ1v) is 8.18. The first-order valence-electron chi connectivity index (χ1n) is 8.18. The van der Waals surface area contributed by atoms with E-state index in [4.69, 9.17) is 10.7 Å². The number of benzene rings is 1. The molecule has 4 nitrogen and oxygen atoms in total. The Balaban J connectivity index is 2.02. The lowest BCUT2D eigenvalue weighted by molar-refractivity contribution is 0.500. The second-order valence-corrected chi connectivity index (χ2v) is 6.45. The minimum Gasteiger partial charge on any atom is -0.368 e. The number of rotatable bonds is 3. The van der Waals surface area contributed by atoms with Crippen LogP contribution in [0, 0.1) is 5.82 Å². The van der Waals surface area contributed by atoms with E-state index in [0.29, 0.717) is 0 Å². The van der Waals surface area contributed by atoms with Crippen molar-refractivity contribution in [2.24, 2.45) is 5.73 Å².